The second kappa shape index (κ2) is 12.0. The number of ether oxygens (including phenoxy) is 3. The van der Waals surface area contributed by atoms with Crippen molar-refractivity contribution in [3.63, 3.8) is 0 Å². The maximum atomic E-state index is 13.0. The van der Waals surface area contributed by atoms with Crippen molar-refractivity contribution in [3.8, 4) is 51.7 Å². The fourth-order valence-corrected chi connectivity index (χ4v) is 4.59. The van der Waals surface area contributed by atoms with Gasteiger partial charge in [0.1, 0.15) is 6.10 Å². The summed E-state index contributed by atoms with van der Waals surface area (Å²) in [5.74, 6) is -15.1. The Morgan fingerprint density at radius 1 is 0.565 bits per heavy atom. The zero-order valence-corrected chi connectivity index (χ0v) is 22.9. The summed E-state index contributed by atoms with van der Waals surface area (Å²) in [4.78, 5) is 51.4. The molecule has 3 aromatic carbocycles. The quantitative estimate of drug-likeness (QED) is 0.0950. The van der Waals surface area contributed by atoms with Crippen LogP contribution in [0.5, 0.6) is 51.7 Å². The number of carboxylic acid groups (broad SMARTS) is 1. The van der Waals surface area contributed by atoms with Crippen LogP contribution in [0.25, 0.3) is 0 Å². The lowest BCUT2D eigenvalue weighted by Gasteiger charge is -2.42. The summed E-state index contributed by atoms with van der Waals surface area (Å²) in [5, 5.41) is 108. The highest BCUT2D eigenvalue weighted by Crippen LogP contribution is 2.41. The number of aliphatic carboxylic acids is 1. The zero-order valence-electron chi connectivity index (χ0n) is 22.9. The molecule has 4 atom stereocenters. The number of esters is 3. The van der Waals surface area contributed by atoms with Crippen molar-refractivity contribution in [2.45, 2.75) is 36.8 Å². The van der Waals surface area contributed by atoms with E-state index in [4.69, 9.17) is 14.2 Å². The third kappa shape index (κ3) is 6.17. The Hall–Kier alpha value is -6.30. The van der Waals surface area contributed by atoms with Gasteiger partial charge < -0.3 is 70.4 Å². The highest BCUT2D eigenvalue weighted by Gasteiger charge is 2.56. The van der Waals surface area contributed by atoms with E-state index < -0.39 is 129 Å². The van der Waals surface area contributed by atoms with E-state index in [0.29, 0.717) is 36.4 Å². The Labute approximate surface area is 255 Å². The zero-order chi connectivity index (χ0) is 34.2. The van der Waals surface area contributed by atoms with E-state index in [1.807, 2.05) is 0 Å². The van der Waals surface area contributed by atoms with Gasteiger partial charge in [0.25, 0.3) is 0 Å². The van der Waals surface area contributed by atoms with E-state index in [2.05, 4.69) is 0 Å². The lowest BCUT2D eigenvalue weighted by molar-refractivity contribution is -0.188. The van der Waals surface area contributed by atoms with E-state index >= 15 is 0 Å². The highest BCUT2D eigenvalue weighted by atomic mass is 16.6. The number of aromatic hydroxyl groups is 9. The number of aliphatic hydroxyl groups excluding tert-OH is 1. The summed E-state index contributed by atoms with van der Waals surface area (Å²) in [6.45, 7) is 0. The molecule has 18 heteroatoms. The number of phenolic OH excluding ortho intramolecular Hbond substituents is 9. The van der Waals surface area contributed by atoms with Crippen molar-refractivity contribution in [1.29, 1.82) is 0 Å². The van der Waals surface area contributed by atoms with Gasteiger partial charge in [-0.2, -0.15) is 0 Å². The lowest BCUT2D eigenvalue weighted by atomic mass is 9.79. The van der Waals surface area contributed by atoms with Gasteiger partial charge in [0.2, 0.25) is 5.60 Å². The maximum absolute atomic E-state index is 13.0. The van der Waals surface area contributed by atoms with Crippen molar-refractivity contribution in [2.24, 2.45) is 0 Å². The fraction of sp³-hybridized carbons (Fsp3) is 0.214. The summed E-state index contributed by atoms with van der Waals surface area (Å²) in [6.07, 6.45) is -8.15. The first-order valence-electron chi connectivity index (χ1n) is 12.8. The molecular weight excluding hydrogens is 624 g/mol. The molecule has 0 saturated heterocycles. The van der Waals surface area contributed by atoms with Crippen LogP contribution in [0.3, 0.4) is 0 Å². The molecule has 0 heterocycles. The van der Waals surface area contributed by atoms with Gasteiger partial charge >= 0.3 is 23.9 Å². The average molecular weight is 648 g/mol. The molecule has 1 aliphatic carbocycles. The molecule has 0 aliphatic heterocycles. The van der Waals surface area contributed by atoms with Crippen LogP contribution in [0.2, 0.25) is 0 Å². The predicted octanol–water partition coefficient (Wildman–Crippen LogP) is 0.623. The molecule has 18 nitrogen and oxygen atoms in total. The number of carboxylic acids is 1. The summed E-state index contributed by atoms with van der Waals surface area (Å²) in [7, 11) is 0. The summed E-state index contributed by atoms with van der Waals surface area (Å²) >= 11 is 0. The average Bonchev–Trinajstić information content (AvgIpc) is 2.98. The topological polar surface area (TPSA) is 318 Å². The first kappa shape index (κ1) is 32.6. The predicted molar refractivity (Wildman–Crippen MR) is 144 cm³/mol. The molecule has 244 valence electrons. The van der Waals surface area contributed by atoms with E-state index in [0.717, 1.165) is 0 Å². The molecule has 0 amide bonds. The number of benzene rings is 3. The van der Waals surface area contributed by atoms with Gasteiger partial charge in [0.05, 0.1) is 22.8 Å². The third-order valence-corrected chi connectivity index (χ3v) is 6.91. The van der Waals surface area contributed by atoms with Crippen molar-refractivity contribution in [2.75, 3.05) is 0 Å². The van der Waals surface area contributed by atoms with Crippen molar-refractivity contribution in [3.05, 3.63) is 53.1 Å². The first-order chi connectivity index (χ1) is 21.4. The molecule has 0 spiro atoms. The molecule has 0 bridgehead atoms. The second-order valence-corrected chi connectivity index (χ2v) is 10.1. The minimum absolute atomic E-state index is 0.591. The number of carbonyl (C=O) groups is 4. The molecular formula is C28H24O18. The maximum Gasteiger partial charge on any atom is 0.348 e. The Bertz CT molecular complexity index is 1680. The fourth-order valence-electron chi connectivity index (χ4n) is 4.59. The molecule has 1 aliphatic rings. The van der Waals surface area contributed by atoms with Crippen LogP contribution >= 0.6 is 0 Å². The van der Waals surface area contributed by atoms with Gasteiger partial charge in [-0.1, -0.05) is 0 Å². The van der Waals surface area contributed by atoms with E-state index in [1.165, 1.54) is 0 Å². The molecule has 0 aromatic heterocycles. The number of rotatable bonds is 7. The van der Waals surface area contributed by atoms with Crippen molar-refractivity contribution < 1.29 is 89.6 Å². The molecule has 11 N–H and O–H groups in total. The van der Waals surface area contributed by atoms with Crippen LogP contribution in [0, 0.1) is 0 Å². The van der Waals surface area contributed by atoms with E-state index in [-0.39, 0.29) is 0 Å². The first-order valence-corrected chi connectivity index (χ1v) is 12.8. The lowest BCUT2D eigenvalue weighted by Crippen LogP contribution is -2.60. The van der Waals surface area contributed by atoms with Gasteiger partial charge in [-0.05, 0) is 36.4 Å². The third-order valence-electron chi connectivity index (χ3n) is 6.91. The van der Waals surface area contributed by atoms with Gasteiger partial charge in [0, 0.05) is 12.8 Å². The Morgan fingerprint density at radius 2 is 0.913 bits per heavy atom. The van der Waals surface area contributed by atoms with Crippen molar-refractivity contribution in [1.82, 2.24) is 0 Å². The largest absolute Gasteiger partial charge is 0.504 e. The molecule has 0 unspecified atom stereocenters. The molecule has 4 rings (SSSR count). The van der Waals surface area contributed by atoms with Gasteiger partial charge in [-0.3, -0.25) is 0 Å². The highest BCUT2D eigenvalue weighted by molar-refractivity contribution is 5.94. The minimum Gasteiger partial charge on any atom is -0.504 e. The molecule has 1 fully saturated rings. The summed E-state index contributed by atoms with van der Waals surface area (Å²) < 4.78 is 15.7. The van der Waals surface area contributed by atoms with Crippen LogP contribution in [-0.4, -0.2) is 104 Å². The van der Waals surface area contributed by atoms with Crippen LogP contribution in [0.1, 0.15) is 43.9 Å². The summed E-state index contributed by atoms with van der Waals surface area (Å²) in [6, 6.07) is 3.88. The van der Waals surface area contributed by atoms with Gasteiger partial charge in [-0.15, -0.1) is 0 Å². The number of carbonyl (C=O) groups excluding carboxylic acids is 3. The SMILES string of the molecule is O=C(O[C@@H]1[C@H](O)C[C@@](OC(=O)c2cc(O)c(O)c(O)c2)(C(=O)O)C[C@H]1OC(=O)c1cc(O)c(O)c(O)c1)c1cc(O)c(O)c(O)c1. The Balaban J connectivity index is 1.72. The summed E-state index contributed by atoms with van der Waals surface area (Å²) in [5.41, 5.74) is -4.64. The van der Waals surface area contributed by atoms with Crippen LogP contribution in [0.4, 0.5) is 0 Å². The number of hydrogen-bond donors (Lipinski definition) is 11. The number of phenols is 9. The normalized spacial score (nSPS) is 20.8. The van der Waals surface area contributed by atoms with E-state index in [9.17, 15) is 75.3 Å². The second-order valence-electron chi connectivity index (χ2n) is 10.1. The van der Waals surface area contributed by atoms with Gasteiger partial charge in [0.15, 0.2) is 57.8 Å². The molecule has 46 heavy (non-hydrogen) atoms. The van der Waals surface area contributed by atoms with Crippen molar-refractivity contribution >= 4 is 23.9 Å². The molecule has 1 saturated carbocycles. The Kier molecular flexibility index (Phi) is 8.51. The molecule has 3 aromatic rings. The van der Waals surface area contributed by atoms with Crippen LogP contribution in [0.15, 0.2) is 36.4 Å². The Morgan fingerprint density at radius 3 is 1.28 bits per heavy atom. The van der Waals surface area contributed by atoms with Crippen LogP contribution < -0.4 is 0 Å². The standard InChI is InChI=1S/C28H24O18/c29-12-1-9(2-13(30)20(12)36)24(39)44-19-8-28(27(42)43,46-26(41)11-5-16(33)22(38)17(34)6-11)7-18(35)23(19)45-25(40)10-3-14(31)21(37)15(32)4-10/h1-6,18-19,23,29-38H,7-8H2,(H,42,43)/t18-,19-,23-,28+/m1/s1. The van der Waals surface area contributed by atoms with Crippen LogP contribution in [-0.2, 0) is 19.0 Å². The van der Waals surface area contributed by atoms with Gasteiger partial charge in [-0.25, -0.2) is 19.2 Å². The van der Waals surface area contributed by atoms with E-state index in [1.54, 1.807) is 0 Å². The smallest absolute Gasteiger partial charge is 0.348 e. The minimum atomic E-state index is -2.76. The number of hydrogen-bond acceptors (Lipinski definition) is 17. The number of aliphatic hydroxyl groups is 1. The molecule has 0 radical (unpaired) electrons. The monoisotopic (exact) mass is 648 g/mol.